The highest BCUT2D eigenvalue weighted by atomic mass is 32.2. The Morgan fingerprint density at radius 3 is 2.69 bits per heavy atom. The van der Waals surface area contributed by atoms with Gasteiger partial charge in [-0.05, 0) is 29.7 Å². The first kappa shape index (κ1) is 20.3. The third-order valence-electron chi connectivity index (χ3n) is 4.12. The summed E-state index contributed by atoms with van der Waals surface area (Å²) in [5.41, 5.74) is 2.50. The zero-order valence-corrected chi connectivity index (χ0v) is 16.4. The Balaban J connectivity index is 1.45. The Kier molecular flexibility index (Phi) is 7.14. The minimum atomic E-state index is -0.518. The van der Waals surface area contributed by atoms with Crippen LogP contribution in [0.5, 0.6) is 0 Å². The molecule has 1 unspecified atom stereocenters. The molecule has 2 N–H and O–H groups in total. The maximum atomic E-state index is 12.1. The molecule has 2 aromatic rings. The van der Waals surface area contributed by atoms with Gasteiger partial charge in [-0.2, -0.15) is 10.4 Å². The monoisotopic (exact) mass is 405 g/mol. The van der Waals surface area contributed by atoms with Crippen molar-refractivity contribution in [2.45, 2.75) is 18.1 Å². The van der Waals surface area contributed by atoms with E-state index < -0.39 is 5.25 Å². The normalized spacial score (nSPS) is 17.3. The number of nitriles is 1. The fourth-order valence-corrected chi connectivity index (χ4v) is 3.53. The van der Waals surface area contributed by atoms with Crippen LogP contribution in [0.3, 0.4) is 0 Å². The molecule has 0 bridgehead atoms. The highest BCUT2D eigenvalue weighted by Gasteiger charge is 2.32. The fourth-order valence-electron chi connectivity index (χ4n) is 2.61. The van der Waals surface area contributed by atoms with Crippen LogP contribution in [0.1, 0.15) is 23.1 Å². The number of hydrogen-bond donors (Lipinski definition) is 2. The number of carbonyl (C=O) groups is 2. The van der Waals surface area contributed by atoms with Crippen molar-refractivity contribution >= 4 is 35.0 Å². The maximum Gasteiger partial charge on any atom is 0.240 e. The number of nitrogens with one attached hydrogen (secondary N) is 2. The predicted octanol–water partition coefficient (Wildman–Crippen LogP) is 2.23. The second-order valence-corrected chi connectivity index (χ2v) is 7.46. The second-order valence-electron chi connectivity index (χ2n) is 6.27. The van der Waals surface area contributed by atoms with Crippen molar-refractivity contribution in [2.24, 2.45) is 10.2 Å². The van der Waals surface area contributed by atoms with Gasteiger partial charge in [-0.25, -0.2) is 0 Å². The molecule has 1 heterocycles. The van der Waals surface area contributed by atoms with E-state index in [-0.39, 0.29) is 18.2 Å². The first-order chi connectivity index (χ1) is 14.1. The molecule has 2 amide bonds. The molecule has 146 valence electrons. The molecule has 29 heavy (non-hydrogen) atoms. The van der Waals surface area contributed by atoms with Gasteiger partial charge in [-0.3, -0.25) is 9.59 Å². The molecule has 1 aliphatic rings. The first-order valence-corrected chi connectivity index (χ1v) is 9.91. The van der Waals surface area contributed by atoms with Crippen molar-refractivity contribution in [3.8, 4) is 6.07 Å². The summed E-state index contributed by atoms with van der Waals surface area (Å²) in [6, 6.07) is 18.8. The molecular weight excluding hydrogens is 386 g/mol. The van der Waals surface area contributed by atoms with Crippen LogP contribution in [-0.4, -0.2) is 35.0 Å². The van der Waals surface area contributed by atoms with Gasteiger partial charge in [-0.1, -0.05) is 54.2 Å². The largest absolute Gasteiger partial charge is 0.356 e. The molecule has 0 saturated carbocycles. The van der Waals surface area contributed by atoms with Crippen molar-refractivity contribution in [3.05, 3.63) is 71.3 Å². The molecule has 7 nitrogen and oxygen atoms in total. The molecule has 1 atom stereocenters. The Labute approximate surface area is 172 Å². The van der Waals surface area contributed by atoms with Crippen LogP contribution in [-0.2, 0) is 16.0 Å². The molecule has 0 radical (unpaired) electrons. The summed E-state index contributed by atoms with van der Waals surface area (Å²) < 4.78 is 0. The minimum absolute atomic E-state index is 0.0870. The molecule has 0 spiro atoms. The van der Waals surface area contributed by atoms with Gasteiger partial charge < -0.3 is 10.6 Å². The molecule has 1 saturated heterocycles. The van der Waals surface area contributed by atoms with E-state index in [4.69, 9.17) is 5.26 Å². The van der Waals surface area contributed by atoms with Gasteiger partial charge in [-0.15, -0.1) is 5.10 Å². The lowest BCUT2D eigenvalue weighted by molar-refractivity contribution is -0.125. The van der Waals surface area contributed by atoms with E-state index in [0.29, 0.717) is 17.3 Å². The third kappa shape index (κ3) is 6.30. The lowest BCUT2D eigenvalue weighted by Gasteiger charge is -2.07. The summed E-state index contributed by atoms with van der Waals surface area (Å²) in [6.07, 6.45) is 2.36. The summed E-state index contributed by atoms with van der Waals surface area (Å²) >= 11 is 1.19. The van der Waals surface area contributed by atoms with Crippen molar-refractivity contribution in [1.29, 1.82) is 5.26 Å². The molecule has 1 fully saturated rings. The van der Waals surface area contributed by atoms with Crippen LogP contribution in [0.2, 0.25) is 0 Å². The molecule has 1 aliphatic heterocycles. The van der Waals surface area contributed by atoms with Crippen molar-refractivity contribution in [2.75, 3.05) is 6.54 Å². The second kappa shape index (κ2) is 10.2. The molecule has 8 heteroatoms. The van der Waals surface area contributed by atoms with E-state index in [1.807, 2.05) is 36.4 Å². The van der Waals surface area contributed by atoms with Crippen molar-refractivity contribution in [3.63, 3.8) is 0 Å². The molecule has 2 aromatic carbocycles. The number of carbonyl (C=O) groups excluding carboxylic acids is 2. The summed E-state index contributed by atoms with van der Waals surface area (Å²) in [5.74, 6) is -0.420. The first-order valence-electron chi connectivity index (χ1n) is 9.03. The van der Waals surface area contributed by atoms with Gasteiger partial charge in [0, 0.05) is 13.0 Å². The van der Waals surface area contributed by atoms with Gasteiger partial charge in [0.15, 0.2) is 5.17 Å². The smallest absolute Gasteiger partial charge is 0.240 e. The molecular formula is C21H19N5O2S. The Hall–Kier alpha value is -3.44. The van der Waals surface area contributed by atoms with Crippen LogP contribution in [0, 0.1) is 11.3 Å². The summed E-state index contributed by atoms with van der Waals surface area (Å²) in [5, 5.41) is 22.0. The van der Waals surface area contributed by atoms with Crippen LogP contribution in [0.15, 0.2) is 64.8 Å². The lowest BCUT2D eigenvalue weighted by atomic mass is 10.1. The number of nitrogens with zero attached hydrogens (tertiary/aromatic N) is 3. The average molecular weight is 405 g/mol. The Morgan fingerprint density at radius 2 is 1.97 bits per heavy atom. The van der Waals surface area contributed by atoms with Crippen molar-refractivity contribution < 1.29 is 9.59 Å². The van der Waals surface area contributed by atoms with Gasteiger partial charge in [0.05, 0.1) is 17.8 Å². The lowest BCUT2D eigenvalue weighted by Crippen LogP contribution is -2.32. The predicted molar refractivity (Wildman–Crippen MR) is 113 cm³/mol. The SMILES string of the molecule is N#Cc1ccc(/C=N/N=C2\NC(=O)C(CC(=O)NCCc3ccccc3)S2)cc1. The number of thioether (sulfide) groups is 1. The van der Waals surface area contributed by atoms with Gasteiger partial charge in [0.25, 0.3) is 0 Å². The number of rotatable bonds is 7. The van der Waals surface area contributed by atoms with Gasteiger partial charge in [0.2, 0.25) is 11.8 Å². The van der Waals surface area contributed by atoms with Crippen LogP contribution >= 0.6 is 11.8 Å². The zero-order chi connectivity index (χ0) is 20.5. The Bertz CT molecular complexity index is 965. The standard InChI is InChI=1S/C21H19N5O2S/c22-13-16-6-8-17(9-7-16)14-24-26-21-25-20(28)18(29-21)12-19(27)23-11-10-15-4-2-1-3-5-15/h1-9,14,18H,10-12H2,(H,23,27)(H,25,26,28)/b24-14+. The quantitative estimate of drug-likeness (QED) is 0.544. The van der Waals surface area contributed by atoms with E-state index >= 15 is 0 Å². The van der Waals surface area contributed by atoms with Gasteiger partial charge in [0.1, 0.15) is 5.25 Å². The summed E-state index contributed by atoms with van der Waals surface area (Å²) in [6.45, 7) is 0.525. The highest BCUT2D eigenvalue weighted by molar-refractivity contribution is 8.15. The zero-order valence-electron chi connectivity index (χ0n) is 15.5. The molecule has 3 rings (SSSR count). The maximum absolute atomic E-state index is 12.1. The van der Waals surface area contributed by atoms with E-state index in [1.165, 1.54) is 18.0 Å². The van der Waals surface area contributed by atoms with E-state index in [1.54, 1.807) is 24.3 Å². The van der Waals surface area contributed by atoms with Crippen molar-refractivity contribution in [1.82, 2.24) is 10.6 Å². The number of hydrogen-bond acceptors (Lipinski definition) is 6. The van der Waals surface area contributed by atoms with E-state index in [2.05, 4.69) is 20.8 Å². The number of amidine groups is 1. The van der Waals surface area contributed by atoms with Crippen LogP contribution in [0.25, 0.3) is 0 Å². The summed E-state index contributed by atoms with van der Waals surface area (Å²) in [4.78, 5) is 24.1. The average Bonchev–Trinajstić information content (AvgIpc) is 3.08. The Morgan fingerprint density at radius 1 is 1.21 bits per heavy atom. The highest BCUT2D eigenvalue weighted by Crippen LogP contribution is 2.22. The topological polar surface area (TPSA) is 107 Å². The molecule has 0 aliphatic carbocycles. The number of amides is 2. The fraction of sp³-hybridized carbons (Fsp3) is 0.190. The van der Waals surface area contributed by atoms with Crippen LogP contribution in [0.4, 0.5) is 0 Å². The van der Waals surface area contributed by atoms with E-state index in [0.717, 1.165) is 17.5 Å². The molecule has 0 aromatic heterocycles. The van der Waals surface area contributed by atoms with E-state index in [9.17, 15) is 9.59 Å². The summed E-state index contributed by atoms with van der Waals surface area (Å²) in [7, 11) is 0. The number of benzene rings is 2. The third-order valence-corrected chi connectivity index (χ3v) is 5.19. The van der Waals surface area contributed by atoms with Gasteiger partial charge >= 0.3 is 0 Å². The van der Waals surface area contributed by atoms with Crippen LogP contribution < -0.4 is 10.6 Å². The minimum Gasteiger partial charge on any atom is -0.356 e.